The lowest BCUT2D eigenvalue weighted by atomic mass is 10.5. The van der Waals surface area contributed by atoms with E-state index in [0.29, 0.717) is 6.54 Å². The third kappa shape index (κ3) is 1.76. The third-order valence-corrected chi connectivity index (χ3v) is 1.15. The summed E-state index contributed by atoms with van der Waals surface area (Å²) < 4.78 is 0. The lowest BCUT2D eigenvalue weighted by molar-refractivity contribution is 0.349. The Bertz CT molecular complexity index is 142. The standard InChI is InChI=1S/C6H10N2O/c1-6(9)4-8-3-2-7-5-8/h5,9H,1-4H2. The van der Waals surface area contributed by atoms with E-state index in [4.69, 9.17) is 5.11 Å². The van der Waals surface area contributed by atoms with E-state index in [1.54, 1.807) is 6.34 Å². The first-order chi connectivity index (χ1) is 4.29. The zero-order valence-electron chi connectivity index (χ0n) is 5.25. The molecule has 3 nitrogen and oxygen atoms in total. The van der Waals surface area contributed by atoms with Crippen molar-refractivity contribution in [1.82, 2.24) is 4.90 Å². The summed E-state index contributed by atoms with van der Waals surface area (Å²) in [6.07, 6.45) is 1.74. The molecule has 1 N–H and O–H groups in total. The zero-order valence-corrected chi connectivity index (χ0v) is 5.25. The first-order valence-corrected chi connectivity index (χ1v) is 2.90. The van der Waals surface area contributed by atoms with E-state index in [-0.39, 0.29) is 5.76 Å². The number of aliphatic hydroxyl groups is 1. The van der Waals surface area contributed by atoms with Gasteiger partial charge in [-0.25, -0.2) is 0 Å². The molecule has 1 aliphatic heterocycles. The molecule has 0 saturated carbocycles. The van der Waals surface area contributed by atoms with Gasteiger partial charge in [-0.15, -0.1) is 0 Å². The average molecular weight is 126 g/mol. The fraction of sp³-hybridized carbons (Fsp3) is 0.500. The number of rotatable bonds is 2. The van der Waals surface area contributed by atoms with Crippen molar-refractivity contribution in [3.63, 3.8) is 0 Å². The van der Waals surface area contributed by atoms with E-state index >= 15 is 0 Å². The molecule has 0 unspecified atom stereocenters. The van der Waals surface area contributed by atoms with Crippen LogP contribution in [0.5, 0.6) is 0 Å². The Kier molecular flexibility index (Phi) is 1.72. The second-order valence-electron chi connectivity index (χ2n) is 2.06. The smallest absolute Gasteiger partial charge is 0.104 e. The van der Waals surface area contributed by atoms with E-state index in [1.807, 2.05) is 4.90 Å². The summed E-state index contributed by atoms with van der Waals surface area (Å²) in [6, 6.07) is 0. The molecule has 0 aromatic heterocycles. The van der Waals surface area contributed by atoms with Crippen molar-refractivity contribution in [3.8, 4) is 0 Å². The first kappa shape index (κ1) is 6.13. The molecule has 0 amide bonds. The van der Waals surface area contributed by atoms with Gasteiger partial charge in [-0.05, 0) is 0 Å². The summed E-state index contributed by atoms with van der Waals surface area (Å²) in [4.78, 5) is 5.89. The molecule has 0 aromatic rings. The highest BCUT2D eigenvalue weighted by Gasteiger charge is 2.04. The molecule has 0 bridgehead atoms. The Balaban J connectivity index is 2.28. The Morgan fingerprint density at radius 1 is 1.89 bits per heavy atom. The predicted molar refractivity (Wildman–Crippen MR) is 36.7 cm³/mol. The maximum Gasteiger partial charge on any atom is 0.104 e. The number of hydrogen-bond acceptors (Lipinski definition) is 3. The minimum absolute atomic E-state index is 0.198. The SMILES string of the molecule is C=C(O)CN1C=NCC1. The monoisotopic (exact) mass is 126 g/mol. The predicted octanol–water partition coefficient (Wildman–Crippen LogP) is 0.402. The van der Waals surface area contributed by atoms with Crippen LogP contribution >= 0.6 is 0 Å². The number of aliphatic imine (C=N–C) groups is 1. The van der Waals surface area contributed by atoms with Crippen LogP contribution in [0.4, 0.5) is 0 Å². The molecule has 0 radical (unpaired) electrons. The second-order valence-corrected chi connectivity index (χ2v) is 2.06. The molecule has 0 atom stereocenters. The van der Waals surface area contributed by atoms with Crippen LogP contribution in [0, 0.1) is 0 Å². The van der Waals surface area contributed by atoms with Crippen LogP contribution < -0.4 is 0 Å². The van der Waals surface area contributed by atoms with E-state index in [0.717, 1.165) is 13.1 Å². The van der Waals surface area contributed by atoms with Gasteiger partial charge in [-0.2, -0.15) is 0 Å². The molecule has 0 spiro atoms. The van der Waals surface area contributed by atoms with Gasteiger partial charge in [0.05, 0.1) is 19.4 Å². The Morgan fingerprint density at radius 2 is 2.67 bits per heavy atom. The molecule has 0 aliphatic carbocycles. The Hall–Kier alpha value is -0.990. The normalized spacial score (nSPS) is 16.7. The van der Waals surface area contributed by atoms with Gasteiger partial charge in [0.2, 0.25) is 0 Å². The summed E-state index contributed by atoms with van der Waals surface area (Å²) in [6.45, 7) is 5.63. The van der Waals surface area contributed by atoms with Crippen LogP contribution in [-0.4, -0.2) is 36.0 Å². The quantitative estimate of drug-likeness (QED) is 0.544. The van der Waals surface area contributed by atoms with Gasteiger partial charge < -0.3 is 10.0 Å². The highest BCUT2D eigenvalue weighted by atomic mass is 16.3. The van der Waals surface area contributed by atoms with Crippen molar-refractivity contribution >= 4 is 6.34 Å². The lowest BCUT2D eigenvalue weighted by Gasteiger charge is -2.10. The van der Waals surface area contributed by atoms with Gasteiger partial charge in [-0.1, -0.05) is 6.58 Å². The minimum atomic E-state index is 0.198. The molecule has 9 heavy (non-hydrogen) atoms. The van der Waals surface area contributed by atoms with Crippen molar-refractivity contribution in [2.75, 3.05) is 19.6 Å². The van der Waals surface area contributed by atoms with Crippen molar-refractivity contribution in [3.05, 3.63) is 12.3 Å². The van der Waals surface area contributed by atoms with Gasteiger partial charge in [0, 0.05) is 6.54 Å². The first-order valence-electron chi connectivity index (χ1n) is 2.90. The van der Waals surface area contributed by atoms with Gasteiger partial charge >= 0.3 is 0 Å². The Morgan fingerprint density at radius 3 is 3.11 bits per heavy atom. The van der Waals surface area contributed by atoms with Gasteiger partial charge in [-0.3, -0.25) is 4.99 Å². The second kappa shape index (κ2) is 2.53. The Labute approximate surface area is 54.3 Å². The molecular weight excluding hydrogens is 116 g/mol. The van der Waals surface area contributed by atoms with E-state index in [9.17, 15) is 0 Å². The minimum Gasteiger partial charge on any atom is -0.511 e. The van der Waals surface area contributed by atoms with Crippen LogP contribution in [0.25, 0.3) is 0 Å². The average Bonchev–Trinajstić information content (AvgIpc) is 2.15. The molecule has 1 aliphatic rings. The molecule has 1 rings (SSSR count). The van der Waals surface area contributed by atoms with Crippen LogP contribution in [0.3, 0.4) is 0 Å². The maximum absolute atomic E-state index is 8.72. The topological polar surface area (TPSA) is 35.8 Å². The summed E-state index contributed by atoms with van der Waals surface area (Å²) in [5.74, 6) is 0.198. The van der Waals surface area contributed by atoms with E-state index in [1.165, 1.54) is 0 Å². The number of aliphatic hydroxyl groups excluding tert-OH is 1. The number of nitrogens with zero attached hydrogens (tertiary/aromatic N) is 2. The summed E-state index contributed by atoms with van der Waals surface area (Å²) in [5.41, 5.74) is 0. The molecule has 50 valence electrons. The van der Waals surface area contributed by atoms with Crippen LogP contribution in [0.1, 0.15) is 0 Å². The highest BCUT2D eigenvalue weighted by Crippen LogP contribution is 1.95. The largest absolute Gasteiger partial charge is 0.511 e. The van der Waals surface area contributed by atoms with E-state index < -0.39 is 0 Å². The molecule has 0 saturated heterocycles. The highest BCUT2D eigenvalue weighted by molar-refractivity contribution is 5.57. The molecule has 3 heteroatoms. The van der Waals surface area contributed by atoms with Crippen LogP contribution in [-0.2, 0) is 0 Å². The third-order valence-electron chi connectivity index (χ3n) is 1.15. The van der Waals surface area contributed by atoms with Crippen molar-refractivity contribution in [2.24, 2.45) is 4.99 Å². The molecule has 0 aromatic carbocycles. The van der Waals surface area contributed by atoms with Gasteiger partial charge in [0.1, 0.15) is 5.76 Å². The van der Waals surface area contributed by atoms with E-state index in [2.05, 4.69) is 11.6 Å². The molecule has 0 fully saturated rings. The fourth-order valence-electron chi connectivity index (χ4n) is 0.771. The summed E-state index contributed by atoms with van der Waals surface area (Å²) >= 11 is 0. The van der Waals surface area contributed by atoms with Crippen molar-refractivity contribution in [2.45, 2.75) is 0 Å². The van der Waals surface area contributed by atoms with Crippen molar-refractivity contribution < 1.29 is 5.11 Å². The van der Waals surface area contributed by atoms with Crippen LogP contribution in [0.2, 0.25) is 0 Å². The van der Waals surface area contributed by atoms with Gasteiger partial charge in [0.25, 0.3) is 0 Å². The van der Waals surface area contributed by atoms with Gasteiger partial charge in [0.15, 0.2) is 0 Å². The zero-order chi connectivity index (χ0) is 6.69. The fourth-order valence-corrected chi connectivity index (χ4v) is 0.771. The molecular formula is C6H10N2O. The van der Waals surface area contributed by atoms with Crippen molar-refractivity contribution in [1.29, 1.82) is 0 Å². The maximum atomic E-state index is 8.72. The lowest BCUT2D eigenvalue weighted by Crippen LogP contribution is -2.21. The number of hydrogen-bond donors (Lipinski definition) is 1. The molecule has 1 heterocycles. The van der Waals surface area contributed by atoms with Crippen LogP contribution in [0.15, 0.2) is 17.3 Å². The summed E-state index contributed by atoms with van der Waals surface area (Å²) in [7, 11) is 0. The summed E-state index contributed by atoms with van der Waals surface area (Å²) in [5, 5.41) is 8.72.